The minimum absolute atomic E-state index is 0.505. The summed E-state index contributed by atoms with van der Waals surface area (Å²) < 4.78 is 11.3. The van der Waals surface area contributed by atoms with Crippen LogP contribution in [0.1, 0.15) is 18.4 Å². The molecule has 4 heterocycles. The number of anilines is 1. The van der Waals surface area contributed by atoms with E-state index in [4.69, 9.17) is 14.5 Å². The highest BCUT2D eigenvalue weighted by Gasteiger charge is 2.34. The van der Waals surface area contributed by atoms with Gasteiger partial charge in [-0.1, -0.05) is 12.1 Å². The average molecular weight is 415 g/mol. The Morgan fingerprint density at radius 3 is 2.87 bits per heavy atom. The highest BCUT2D eigenvalue weighted by atomic mass is 16.5. The quantitative estimate of drug-likeness (QED) is 0.701. The molecule has 6 rings (SSSR count). The van der Waals surface area contributed by atoms with Crippen molar-refractivity contribution in [3.8, 4) is 34.0 Å². The fourth-order valence-electron chi connectivity index (χ4n) is 4.63. The zero-order chi connectivity index (χ0) is 20.8. The van der Waals surface area contributed by atoms with Gasteiger partial charge in [0.05, 0.1) is 13.3 Å². The smallest absolute Gasteiger partial charge is 0.233 e. The monoisotopic (exact) mass is 415 g/mol. The molecule has 1 aromatic carbocycles. The molecule has 1 aliphatic carbocycles. The normalized spacial score (nSPS) is 19.9. The van der Waals surface area contributed by atoms with Crippen LogP contribution in [0.4, 0.5) is 5.82 Å². The number of nitrogens with zero attached hydrogens (tertiary/aromatic N) is 4. The lowest BCUT2D eigenvalue weighted by Gasteiger charge is -2.35. The Labute approximate surface area is 181 Å². The maximum atomic E-state index is 6.10. The maximum Gasteiger partial charge on any atom is 0.233 e. The van der Waals surface area contributed by atoms with Gasteiger partial charge in [-0.25, -0.2) is 0 Å². The molecule has 1 atom stereocenters. The third-order valence-corrected chi connectivity index (χ3v) is 6.50. The number of benzene rings is 1. The number of pyridine rings is 1. The molecule has 0 radical (unpaired) electrons. The third kappa shape index (κ3) is 3.49. The lowest BCUT2D eigenvalue weighted by molar-refractivity contribution is 0.290. The van der Waals surface area contributed by atoms with Crippen molar-refractivity contribution >= 4 is 5.82 Å². The van der Waals surface area contributed by atoms with Crippen LogP contribution in [0.5, 0.6) is 11.8 Å². The summed E-state index contributed by atoms with van der Waals surface area (Å²) in [7, 11) is 1.60. The summed E-state index contributed by atoms with van der Waals surface area (Å²) in [6, 6.07) is 13.2. The molecule has 1 N–H and O–H groups in total. The summed E-state index contributed by atoms with van der Waals surface area (Å²) in [5, 5.41) is 11.6. The number of hydrogen-bond acceptors (Lipinski definition) is 7. The molecular formula is C24H25N5O2. The molecule has 7 heteroatoms. The molecule has 7 nitrogen and oxygen atoms in total. The Morgan fingerprint density at radius 2 is 2.00 bits per heavy atom. The fourth-order valence-corrected chi connectivity index (χ4v) is 4.63. The lowest BCUT2D eigenvalue weighted by atomic mass is 9.95. The van der Waals surface area contributed by atoms with Crippen LogP contribution in [-0.4, -0.2) is 48.0 Å². The van der Waals surface area contributed by atoms with E-state index in [9.17, 15) is 0 Å². The van der Waals surface area contributed by atoms with E-state index in [1.54, 1.807) is 13.3 Å². The Bertz CT molecular complexity index is 1130. The van der Waals surface area contributed by atoms with Crippen molar-refractivity contribution in [3.63, 3.8) is 0 Å². The number of fused-ring (bicyclic) bond motifs is 3. The van der Waals surface area contributed by atoms with Gasteiger partial charge in [0.2, 0.25) is 11.8 Å². The van der Waals surface area contributed by atoms with Crippen molar-refractivity contribution in [2.24, 2.45) is 5.92 Å². The van der Waals surface area contributed by atoms with Crippen molar-refractivity contribution in [1.82, 2.24) is 20.5 Å². The number of hydrogen-bond donors (Lipinski definition) is 1. The second-order valence-corrected chi connectivity index (χ2v) is 8.51. The number of methoxy groups -OCH3 is 1. The molecule has 2 fully saturated rings. The lowest BCUT2D eigenvalue weighted by Crippen LogP contribution is -2.52. The van der Waals surface area contributed by atoms with Gasteiger partial charge in [-0.2, -0.15) is 10.1 Å². The molecular weight excluding hydrogens is 390 g/mol. The standard InChI is InChI=1S/C24H25N5O2/c1-30-23-11-17(12-26-28-23)16-4-5-19-18(10-16)14-31-24-20(19)6-7-22(27-24)29-9-8-25-21(13-29)15-2-3-15/h4-7,10-12,15,21,25H,2-3,8-9,13-14H2,1H3/t21-/m1/s1. The molecule has 3 aliphatic rings. The Kier molecular flexibility index (Phi) is 4.49. The van der Waals surface area contributed by atoms with Gasteiger partial charge in [0, 0.05) is 42.9 Å². The van der Waals surface area contributed by atoms with Crippen molar-refractivity contribution in [2.45, 2.75) is 25.5 Å². The van der Waals surface area contributed by atoms with Crippen LogP contribution in [0.25, 0.3) is 22.3 Å². The summed E-state index contributed by atoms with van der Waals surface area (Å²) in [5.74, 6) is 3.09. The van der Waals surface area contributed by atoms with Crippen molar-refractivity contribution in [1.29, 1.82) is 0 Å². The van der Waals surface area contributed by atoms with Gasteiger partial charge in [-0.05, 0) is 53.6 Å². The van der Waals surface area contributed by atoms with E-state index >= 15 is 0 Å². The second kappa shape index (κ2) is 7.50. The van der Waals surface area contributed by atoms with E-state index in [1.165, 1.54) is 18.4 Å². The first kappa shape index (κ1) is 18.6. The average Bonchev–Trinajstić information content (AvgIpc) is 3.69. The number of aromatic nitrogens is 3. The van der Waals surface area contributed by atoms with Crippen LogP contribution in [0.3, 0.4) is 0 Å². The zero-order valence-corrected chi connectivity index (χ0v) is 17.5. The molecule has 2 aromatic heterocycles. The van der Waals surface area contributed by atoms with Crippen LogP contribution in [-0.2, 0) is 6.61 Å². The number of rotatable bonds is 4. The van der Waals surface area contributed by atoms with Gasteiger partial charge in [-0.3, -0.25) is 0 Å². The Balaban J connectivity index is 1.28. The topological polar surface area (TPSA) is 72.4 Å². The van der Waals surface area contributed by atoms with Crippen LogP contribution in [0.2, 0.25) is 0 Å². The van der Waals surface area contributed by atoms with E-state index in [0.29, 0.717) is 18.5 Å². The highest BCUT2D eigenvalue weighted by Crippen LogP contribution is 2.40. The highest BCUT2D eigenvalue weighted by molar-refractivity contribution is 5.78. The second-order valence-electron chi connectivity index (χ2n) is 8.51. The molecule has 0 bridgehead atoms. The number of piperazine rings is 1. The van der Waals surface area contributed by atoms with E-state index in [2.05, 4.69) is 50.7 Å². The first-order chi connectivity index (χ1) is 15.3. The van der Waals surface area contributed by atoms with Gasteiger partial charge in [0.1, 0.15) is 12.4 Å². The fraction of sp³-hybridized carbons (Fsp3) is 0.375. The molecule has 3 aromatic rings. The number of ether oxygens (including phenoxy) is 2. The minimum atomic E-state index is 0.505. The molecule has 0 unspecified atom stereocenters. The summed E-state index contributed by atoms with van der Waals surface area (Å²) in [6.45, 7) is 3.54. The van der Waals surface area contributed by atoms with Crippen molar-refractivity contribution < 1.29 is 9.47 Å². The first-order valence-electron chi connectivity index (χ1n) is 10.9. The Morgan fingerprint density at radius 1 is 1.10 bits per heavy atom. The van der Waals surface area contributed by atoms with E-state index in [-0.39, 0.29) is 0 Å². The zero-order valence-electron chi connectivity index (χ0n) is 17.5. The largest absolute Gasteiger partial charge is 0.480 e. The van der Waals surface area contributed by atoms with Crippen LogP contribution in [0.15, 0.2) is 42.6 Å². The summed E-state index contributed by atoms with van der Waals surface area (Å²) in [6.07, 6.45) is 4.46. The van der Waals surface area contributed by atoms with Gasteiger partial charge in [0.15, 0.2) is 0 Å². The van der Waals surface area contributed by atoms with Crippen molar-refractivity contribution in [3.05, 3.63) is 48.2 Å². The predicted octanol–water partition coefficient (Wildman–Crippen LogP) is 3.29. The van der Waals surface area contributed by atoms with E-state index in [0.717, 1.165) is 59.5 Å². The molecule has 2 aliphatic heterocycles. The maximum absolute atomic E-state index is 6.10. The predicted molar refractivity (Wildman–Crippen MR) is 118 cm³/mol. The minimum Gasteiger partial charge on any atom is -0.480 e. The summed E-state index contributed by atoms with van der Waals surface area (Å²) in [5.41, 5.74) is 5.41. The van der Waals surface area contributed by atoms with E-state index < -0.39 is 0 Å². The molecule has 0 spiro atoms. The van der Waals surface area contributed by atoms with Gasteiger partial charge < -0.3 is 19.7 Å². The molecule has 158 valence electrons. The van der Waals surface area contributed by atoms with Crippen LogP contribution in [0, 0.1) is 5.92 Å². The Hall–Kier alpha value is -3.19. The van der Waals surface area contributed by atoms with Crippen LogP contribution < -0.4 is 19.7 Å². The summed E-state index contributed by atoms with van der Waals surface area (Å²) in [4.78, 5) is 7.29. The first-order valence-corrected chi connectivity index (χ1v) is 10.9. The molecule has 31 heavy (non-hydrogen) atoms. The SMILES string of the molecule is COc1cc(-c2ccc3c(c2)COc2nc(N4CCN[C@@H](C5CC5)C4)ccc2-3)cnn1. The number of nitrogens with one attached hydrogen (secondary N) is 1. The van der Waals surface area contributed by atoms with Crippen molar-refractivity contribution in [2.75, 3.05) is 31.6 Å². The van der Waals surface area contributed by atoms with E-state index in [1.807, 2.05) is 6.07 Å². The van der Waals surface area contributed by atoms with Gasteiger partial charge >= 0.3 is 0 Å². The summed E-state index contributed by atoms with van der Waals surface area (Å²) >= 11 is 0. The third-order valence-electron chi connectivity index (χ3n) is 6.50. The molecule has 0 amide bonds. The van der Waals surface area contributed by atoms with Gasteiger partial charge in [-0.15, -0.1) is 5.10 Å². The molecule has 1 saturated heterocycles. The molecule has 1 saturated carbocycles. The van der Waals surface area contributed by atoms with Crippen LogP contribution >= 0.6 is 0 Å². The van der Waals surface area contributed by atoms with Gasteiger partial charge in [0.25, 0.3) is 0 Å².